The van der Waals surface area contributed by atoms with Gasteiger partial charge in [-0.3, -0.25) is 9.48 Å². The Bertz CT molecular complexity index is 743. The van der Waals surface area contributed by atoms with Gasteiger partial charge in [0.15, 0.2) is 0 Å². The molecule has 1 atom stereocenters. The van der Waals surface area contributed by atoms with Crippen LogP contribution in [0.1, 0.15) is 49.2 Å². The van der Waals surface area contributed by atoms with Crippen molar-refractivity contribution in [3.8, 4) is 0 Å². The van der Waals surface area contributed by atoms with Crippen LogP contribution >= 0.6 is 0 Å². The Kier molecular flexibility index (Phi) is 5.31. The second-order valence-electron chi connectivity index (χ2n) is 6.61. The lowest BCUT2D eigenvalue weighted by Crippen LogP contribution is -2.36. The Morgan fingerprint density at radius 3 is 3.04 bits per heavy atom. The van der Waals surface area contributed by atoms with Gasteiger partial charge in [0.05, 0.1) is 0 Å². The predicted molar refractivity (Wildman–Crippen MR) is 94.8 cm³/mol. The van der Waals surface area contributed by atoms with Crippen LogP contribution < -0.4 is 4.90 Å². The summed E-state index contributed by atoms with van der Waals surface area (Å²) in [6.07, 6.45) is 7.75. The molecule has 3 rings (SSSR count). The van der Waals surface area contributed by atoms with Crippen molar-refractivity contribution in [2.45, 2.75) is 52.0 Å². The molecule has 25 heavy (non-hydrogen) atoms. The van der Waals surface area contributed by atoms with E-state index in [4.69, 9.17) is 10.1 Å². The van der Waals surface area contributed by atoms with Crippen molar-refractivity contribution in [1.29, 1.82) is 0 Å². The molecule has 1 fully saturated rings. The van der Waals surface area contributed by atoms with Gasteiger partial charge < -0.3 is 10.0 Å². The number of aryl methyl sites for hydroxylation is 2. The molecular weight excluding hydrogens is 318 g/mol. The maximum absolute atomic E-state index is 11.1. The van der Waals surface area contributed by atoms with Gasteiger partial charge in [-0.1, -0.05) is 13.3 Å². The van der Waals surface area contributed by atoms with Crippen LogP contribution in [0.5, 0.6) is 0 Å². The minimum atomic E-state index is -0.866. The molecule has 0 aromatic carbocycles. The average Bonchev–Trinajstić information content (AvgIpc) is 3.04. The van der Waals surface area contributed by atoms with Crippen LogP contribution in [0.3, 0.4) is 0 Å². The minimum absolute atomic E-state index is 0.0907. The van der Waals surface area contributed by atoms with Crippen molar-refractivity contribution in [3.63, 3.8) is 0 Å². The summed E-state index contributed by atoms with van der Waals surface area (Å²) in [6.45, 7) is 5.79. The highest BCUT2D eigenvalue weighted by molar-refractivity contribution is 5.66. The Labute approximate surface area is 147 Å². The van der Waals surface area contributed by atoms with Crippen molar-refractivity contribution in [1.82, 2.24) is 19.7 Å². The molecule has 1 saturated heterocycles. The van der Waals surface area contributed by atoms with Crippen LogP contribution in [0.25, 0.3) is 0 Å². The lowest BCUT2D eigenvalue weighted by atomic mass is 9.94. The standard InChI is InChI=1S/C18H25N5O2/c1-3-5-14-10-19-13(2)21-18(14)22-9-4-6-15(11-22)16-7-8-20-23(16)12-17(24)25/h7-8,10,15H,3-6,9,11-12H2,1-2H3,(H,24,25). The maximum atomic E-state index is 11.1. The number of aromatic nitrogens is 4. The number of nitrogens with zero attached hydrogens (tertiary/aromatic N) is 5. The molecule has 1 N–H and O–H groups in total. The molecule has 2 aromatic rings. The smallest absolute Gasteiger partial charge is 0.325 e. The van der Waals surface area contributed by atoms with Crippen molar-refractivity contribution in [2.24, 2.45) is 0 Å². The summed E-state index contributed by atoms with van der Waals surface area (Å²) < 4.78 is 1.61. The first-order valence-electron chi connectivity index (χ1n) is 8.89. The van der Waals surface area contributed by atoms with Gasteiger partial charge in [-0.2, -0.15) is 5.10 Å². The number of piperidine rings is 1. The third-order valence-corrected chi connectivity index (χ3v) is 4.66. The molecule has 0 amide bonds. The molecule has 0 bridgehead atoms. The fourth-order valence-corrected chi connectivity index (χ4v) is 3.56. The van der Waals surface area contributed by atoms with Gasteiger partial charge in [-0.05, 0) is 32.3 Å². The molecule has 3 heterocycles. The highest BCUT2D eigenvalue weighted by atomic mass is 16.4. The lowest BCUT2D eigenvalue weighted by molar-refractivity contribution is -0.137. The highest BCUT2D eigenvalue weighted by Gasteiger charge is 2.26. The summed E-state index contributed by atoms with van der Waals surface area (Å²) >= 11 is 0. The Hall–Kier alpha value is -2.44. The van der Waals surface area contributed by atoms with Crippen molar-refractivity contribution in [3.05, 3.63) is 35.5 Å². The first kappa shape index (κ1) is 17.4. The number of rotatable bonds is 6. The van der Waals surface area contributed by atoms with E-state index in [-0.39, 0.29) is 12.5 Å². The predicted octanol–water partition coefficient (Wildman–Crippen LogP) is 2.40. The van der Waals surface area contributed by atoms with Gasteiger partial charge in [0.25, 0.3) is 0 Å². The molecule has 1 aliphatic heterocycles. The van der Waals surface area contributed by atoms with E-state index in [0.29, 0.717) is 0 Å². The van der Waals surface area contributed by atoms with E-state index >= 15 is 0 Å². The number of anilines is 1. The fraction of sp³-hybridized carbons (Fsp3) is 0.556. The number of carboxylic acid groups (broad SMARTS) is 1. The van der Waals surface area contributed by atoms with Crippen LogP contribution in [0.4, 0.5) is 5.82 Å². The van der Waals surface area contributed by atoms with Gasteiger partial charge in [0, 0.05) is 42.7 Å². The third kappa shape index (κ3) is 3.97. The fourth-order valence-electron chi connectivity index (χ4n) is 3.56. The second-order valence-corrected chi connectivity index (χ2v) is 6.61. The van der Waals surface area contributed by atoms with E-state index < -0.39 is 5.97 Å². The second kappa shape index (κ2) is 7.63. The summed E-state index contributed by atoms with van der Waals surface area (Å²) in [5, 5.41) is 13.3. The summed E-state index contributed by atoms with van der Waals surface area (Å²) in [4.78, 5) is 22.4. The Balaban J connectivity index is 1.84. The number of hydrogen-bond acceptors (Lipinski definition) is 5. The molecule has 0 aliphatic carbocycles. The average molecular weight is 343 g/mol. The molecule has 1 unspecified atom stereocenters. The van der Waals surface area contributed by atoms with Gasteiger partial charge in [0.1, 0.15) is 18.2 Å². The van der Waals surface area contributed by atoms with Gasteiger partial charge in [-0.25, -0.2) is 9.97 Å². The van der Waals surface area contributed by atoms with E-state index in [0.717, 1.165) is 56.1 Å². The first-order valence-corrected chi connectivity index (χ1v) is 8.89. The van der Waals surface area contributed by atoms with Gasteiger partial charge in [-0.15, -0.1) is 0 Å². The quantitative estimate of drug-likeness (QED) is 0.867. The monoisotopic (exact) mass is 343 g/mol. The largest absolute Gasteiger partial charge is 0.480 e. The van der Waals surface area contributed by atoms with E-state index in [2.05, 4.69) is 21.9 Å². The van der Waals surface area contributed by atoms with Crippen molar-refractivity contribution < 1.29 is 9.90 Å². The minimum Gasteiger partial charge on any atom is -0.480 e. The molecule has 7 nitrogen and oxygen atoms in total. The van der Waals surface area contributed by atoms with E-state index in [1.54, 1.807) is 10.9 Å². The number of hydrogen-bond donors (Lipinski definition) is 1. The summed E-state index contributed by atoms with van der Waals surface area (Å²) in [6, 6.07) is 1.94. The normalized spacial score (nSPS) is 17.7. The van der Waals surface area contributed by atoms with Gasteiger partial charge >= 0.3 is 5.97 Å². The number of aliphatic carboxylic acids is 1. The van der Waals surface area contributed by atoms with Crippen LogP contribution in [0, 0.1) is 6.92 Å². The summed E-state index contributed by atoms with van der Waals surface area (Å²) in [5.41, 5.74) is 2.18. The molecule has 134 valence electrons. The topological polar surface area (TPSA) is 84.1 Å². The molecule has 0 saturated carbocycles. The molecule has 0 radical (unpaired) electrons. The zero-order chi connectivity index (χ0) is 17.8. The van der Waals surface area contributed by atoms with Crippen LogP contribution in [-0.2, 0) is 17.8 Å². The molecule has 1 aliphatic rings. The zero-order valence-electron chi connectivity index (χ0n) is 14.9. The highest BCUT2D eigenvalue weighted by Crippen LogP contribution is 2.31. The van der Waals surface area contributed by atoms with Crippen molar-refractivity contribution in [2.75, 3.05) is 18.0 Å². The Morgan fingerprint density at radius 2 is 2.28 bits per heavy atom. The van der Waals surface area contributed by atoms with Crippen molar-refractivity contribution >= 4 is 11.8 Å². The van der Waals surface area contributed by atoms with E-state index in [9.17, 15) is 4.79 Å². The van der Waals surface area contributed by atoms with E-state index in [1.165, 1.54) is 5.56 Å². The first-order chi connectivity index (χ1) is 12.1. The van der Waals surface area contributed by atoms with Crippen LogP contribution in [0.2, 0.25) is 0 Å². The summed E-state index contributed by atoms with van der Waals surface area (Å²) in [5.74, 6) is 1.21. The molecule has 2 aromatic heterocycles. The number of carboxylic acids is 1. The maximum Gasteiger partial charge on any atom is 0.325 e. The molecular formula is C18H25N5O2. The third-order valence-electron chi connectivity index (χ3n) is 4.66. The summed E-state index contributed by atoms with van der Waals surface area (Å²) in [7, 11) is 0. The van der Waals surface area contributed by atoms with E-state index in [1.807, 2.05) is 19.2 Å². The SMILES string of the molecule is CCCc1cnc(C)nc1N1CCCC(c2ccnn2CC(=O)O)C1. The number of carbonyl (C=O) groups is 1. The van der Waals surface area contributed by atoms with Crippen LogP contribution in [-0.4, -0.2) is 43.9 Å². The lowest BCUT2D eigenvalue weighted by Gasteiger charge is -2.34. The van der Waals surface area contributed by atoms with Gasteiger partial charge in [0.2, 0.25) is 0 Å². The zero-order valence-corrected chi connectivity index (χ0v) is 14.9. The molecule has 0 spiro atoms. The van der Waals surface area contributed by atoms with Crippen LogP contribution in [0.15, 0.2) is 18.5 Å². The Morgan fingerprint density at radius 1 is 1.44 bits per heavy atom. The molecule has 7 heteroatoms.